The van der Waals surface area contributed by atoms with Gasteiger partial charge in [0.05, 0.1) is 15.1 Å². The Bertz CT molecular complexity index is 1550. The van der Waals surface area contributed by atoms with Gasteiger partial charge in [0.25, 0.3) is 0 Å². The van der Waals surface area contributed by atoms with Crippen LogP contribution < -0.4 is 4.74 Å². The largest absolute Gasteiger partial charge is 0.506 e. The lowest BCUT2D eigenvalue weighted by molar-refractivity contribution is 0.160. The van der Waals surface area contributed by atoms with Crippen molar-refractivity contribution in [2.24, 2.45) is 0 Å². The van der Waals surface area contributed by atoms with E-state index in [9.17, 15) is 5.11 Å². The molecule has 1 aromatic heterocycles. The van der Waals surface area contributed by atoms with Crippen LogP contribution in [-0.4, -0.2) is 26.4 Å². The van der Waals surface area contributed by atoms with Crippen molar-refractivity contribution in [2.45, 2.75) is 24.9 Å². The molecule has 1 aliphatic rings. The van der Waals surface area contributed by atoms with Gasteiger partial charge in [0.2, 0.25) is 0 Å². The number of aromatic hydroxyl groups is 1. The van der Waals surface area contributed by atoms with Crippen LogP contribution in [0.1, 0.15) is 29.0 Å². The molecule has 178 valence electrons. The average molecular weight is 603 g/mol. The first-order valence-corrected chi connectivity index (χ1v) is 13.2. The molecule has 5 nitrogen and oxygen atoms in total. The fourth-order valence-corrected chi connectivity index (χ4v) is 6.11. The van der Waals surface area contributed by atoms with Crippen molar-refractivity contribution in [2.75, 3.05) is 0 Å². The van der Waals surface area contributed by atoms with Crippen LogP contribution in [-0.2, 0) is 6.42 Å². The van der Waals surface area contributed by atoms with E-state index in [2.05, 4.69) is 114 Å². The monoisotopic (exact) mass is 601 g/mol. The van der Waals surface area contributed by atoms with E-state index >= 15 is 0 Å². The highest BCUT2D eigenvalue weighted by atomic mass is 79.9. The van der Waals surface area contributed by atoms with Gasteiger partial charge in [-0.2, -0.15) is 0 Å². The highest BCUT2D eigenvalue weighted by Gasteiger charge is 2.30. The van der Waals surface area contributed by atoms with Crippen LogP contribution in [0.15, 0.2) is 94.0 Å². The van der Waals surface area contributed by atoms with Crippen molar-refractivity contribution in [1.29, 1.82) is 0 Å². The highest BCUT2D eigenvalue weighted by Crippen LogP contribution is 2.39. The fraction of sp³-hybridized carbons (Fsp3) is 0.138. The first kappa shape index (κ1) is 23.1. The van der Waals surface area contributed by atoms with Gasteiger partial charge in [-0.1, -0.05) is 71.8 Å². The minimum absolute atomic E-state index is 0.0685. The number of fused-ring (bicyclic) bond motifs is 2. The number of rotatable bonds is 4. The van der Waals surface area contributed by atoms with Crippen molar-refractivity contribution in [3.63, 3.8) is 0 Å². The molecule has 0 saturated heterocycles. The summed E-state index contributed by atoms with van der Waals surface area (Å²) in [6, 6.07) is 27.6. The lowest BCUT2D eigenvalue weighted by Gasteiger charge is -2.31. The summed E-state index contributed by atoms with van der Waals surface area (Å²) in [5.74, 6) is 0.363. The molecule has 0 saturated carbocycles. The summed E-state index contributed by atoms with van der Waals surface area (Å²) < 4.78 is 7.39. The van der Waals surface area contributed by atoms with E-state index in [-0.39, 0.29) is 23.8 Å². The summed E-state index contributed by atoms with van der Waals surface area (Å²) in [5, 5.41) is 21.0. The molecule has 1 heterocycles. The molecule has 0 amide bonds. The van der Waals surface area contributed by atoms with E-state index in [1.807, 2.05) is 0 Å². The summed E-state index contributed by atoms with van der Waals surface area (Å²) in [5.41, 5.74) is 5.29. The molecule has 0 fully saturated rings. The molecule has 1 aliphatic carbocycles. The summed E-state index contributed by atoms with van der Waals surface area (Å²) in [4.78, 5) is 4.44. The second-order valence-corrected chi connectivity index (χ2v) is 10.7. The quantitative estimate of drug-likeness (QED) is 0.231. The summed E-state index contributed by atoms with van der Waals surface area (Å²) in [7, 11) is 0. The number of phenolic OH excluding ortho intramolecular Hbond substituents is 1. The van der Waals surface area contributed by atoms with Gasteiger partial charge in [-0.25, -0.2) is 4.98 Å². The molecule has 36 heavy (non-hydrogen) atoms. The molecule has 0 spiro atoms. The number of hydrogen-bond donors (Lipinski definition) is 1. The molecule has 1 N–H and O–H groups in total. The van der Waals surface area contributed by atoms with Crippen LogP contribution >= 0.6 is 31.9 Å². The molecule has 5 aromatic rings. The number of aromatic nitrogens is 3. The topological polar surface area (TPSA) is 68.1 Å². The molecule has 7 heteroatoms. The predicted octanol–water partition coefficient (Wildman–Crippen LogP) is 7.45. The number of hydrogen-bond acceptors (Lipinski definition) is 5. The maximum absolute atomic E-state index is 9.96. The Hall–Kier alpha value is -3.29. The van der Waals surface area contributed by atoms with Gasteiger partial charge in [-0.05, 0) is 77.9 Å². The third-order valence-electron chi connectivity index (χ3n) is 6.68. The molecule has 2 unspecified atom stereocenters. The molecule has 0 radical (unpaired) electrons. The van der Waals surface area contributed by atoms with E-state index < -0.39 is 0 Å². The standard InChI is InChI=1S/C29H21Br2N3O2/c30-25-13-21(14-26(31)28(25)35)27-16-32-29(34-33-27)36-22-12-19-7-3-4-8-23(19)24(15-22)20-10-9-17-5-1-2-6-18(17)11-20/h1-11,13-14,16,22,24,35H,12,15H2. The maximum Gasteiger partial charge on any atom is 0.335 e. The van der Waals surface area contributed by atoms with Crippen LogP contribution in [0.3, 0.4) is 0 Å². The van der Waals surface area contributed by atoms with Crippen LogP contribution in [0.2, 0.25) is 0 Å². The third-order valence-corrected chi connectivity index (χ3v) is 7.89. The summed E-state index contributed by atoms with van der Waals surface area (Å²) >= 11 is 6.70. The van der Waals surface area contributed by atoms with Gasteiger partial charge in [0, 0.05) is 17.9 Å². The zero-order chi connectivity index (χ0) is 24.6. The average Bonchev–Trinajstić information content (AvgIpc) is 2.91. The smallest absolute Gasteiger partial charge is 0.335 e. The fourth-order valence-electron chi connectivity index (χ4n) is 4.92. The molecule has 6 rings (SSSR count). The summed E-state index contributed by atoms with van der Waals surface area (Å²) in [6.45, 7) is 0. The Balaban J connectivity index is 1.27. The lowest BCUT2D eigenvalue weighted by Crippen LogP contribution is -2.29. The first-order valence-electron chi connectivity index (χ1n) is 11.7. The van der Waals surface area contributed by atoms with Crippen molar-refractivity contribution < 1.29 is 9.84 Å². The van der Waals surface area contributed by atoms with Crippen molar-refractivity contribution in [1.82, 2.24) is 15.2 Å². The van der Waals surface area contributed by atoms with Gasteiger partial charge in [0.1, 0.15) is 17.5 Å². The lowest BCUT2D eigenvalue weighted by atomic mass is 9.77. The van der Waals surface area contributed by atoms with E-state index in [1.165, 1.54) is 27.5 Å². The Kier molecular flexibility index (Phi) is 6.19. The van der Waals surface area contributed by atoms with E-state index in [4.69, 9.17) is 4.74 Å². The molecule has 0 aliphatic heterocycles. The van der Waals surface area contributed by atoms with Gasteiger partial charge in [-0.3, -0.25) is 0 Å². The Morgan fingerprint density at radius 2 is 1.58 bits per heavy atom. The highest BCUT2D eigenvalue weighted by molar-refractivity contribution is 9.11. The SMILES string of the molecule is Oc1c(Br)cc(-c2cnc(OC3Cc4ccccc4C(c4ccc5ccccc5c4)C3)nn2)cc1Br. The minimum Gasteiger partial charge on any atom is -0.506 e. The summed E-state index contributed by atoms with van der Waals surface area (Å²) in [6.07, 6.45) is 3.20. The number of nitrogens with zero attached hydrogens (tertiary/aromatic N) is 3. The van der Waals surface area contributed by atoms with E-state index in [0.717, 1.165) is 18.4 Å². The second kappa shape index (κ2) is 9.64. The number of halogens is 2. The van der Waals surface area contributed by atoms with Crippen molar-refractivity contribution in [3.8, 4) is 23.0 Å². The normalized spacial score (nSPS) is 17.1. The molecule has 4 aromatic carbocycles. The number of phenols is 1. The third kappa shape index (κ3) is 4.49. The Morgan fingerprint density at radius 3 is 2.36 bits per heavy atom. The minimum atomic E-state index is -0.0685. The second-order valence-electron chi connectivity index (χ2n) is 8.95. The van der Waals surface area contributed by atoms with Gasteiger partial charge >= 0.3 is 6.01 Å². The molecule has 2 atom stereocenters. The first-order chi connectivity index (χ1) is 17.5. The molecular formula is C29H21Br2N3O2. The van der Waals surface area contributed by atoms with Gasteiger partial charge < -0.3 is 9.84 Å². The predicted molar refractivity (Wildman–Crippen MR) is 147 cm³/mol. The van der Waals surface area contributed by atoms with E-state index in [1.54, 1.807) is 18.3 Å². The zero-order valence-corrected chi connectivity index (χ0v) is 22.3. The van der Waals surface area contributed by atoms with Crippen LogP contribution in [0, 0.1) is 0 Å². The Morgan fingerprint density at radius 1 is 0.833 bits per heavy atom. The Labute approximate surface area is 225 Å². The van der Waals surface area contributed by atoms with Crippen molar-refractivity contribution in [3.05, 3.63) is 111 Å². The molecular weight excluding hydrogens is 582 g/mol. The van der Waals surface area contributed by atoms with Gasteiger partial charge in [-0.15, -0.1) is 5.10 Å². The van der Waals surface area contributed by atoms with Gasteiger partial charge in [0.15, 0.2) is 0 Å². The van der Waals surface area contributed by atoms with Crippen LogP contribution in [0.5, 0.6) is 11.8 Å². The van der Waals surface area contributed by atoms with E-state index in [0.29, 0.717) is 14.6 Å². The number of ether oxygens (including phenoxy) is 1. The van der Waals surface area contributed by atoms with Crippen LogP contribution in [0.4, 0.5) is 0 Å². The van der Waals surface area contributed by atoms with Crippen LogP contribution in [0.25, 0.3) is 22.0 Å². The number of benzene rings is 4. The molecule has 0 bridgehead atoms. The van der Waals surface area contributed by atoms with Crippen molar-refractivity contribution >= 4 is 42.6 Å². The zero-order valence-electron chi connectivity index (χ0n) is 19.1. The maximum atomic E-state index is 9.96.